The van der Waals surface area contributed by atoms with Gasteiger partial charge in [0, 0.05) is 13.2 Å². The van der Waals surface area contributed by atoms with Crippen LogP contribution in [0.2, 0.25) is 0 Å². The molecule has 0 aromatic rings. The highest BCUT2D eigenvalue weighted by molar-refractivity contribution is 8.04. The summed E-state index contributed by atoms with van der Waals surface area (Å²) in [5.41, 5.74) is 0. The average molecular weight is 159 g/mol. The molecule has 0 bridgehead atoms. The van der Waals surface area contributed by atoms with Gasteiger partial charge >= 0.3 is 0 Å². The first-order valence-electron chi connectivity index (χ1n) is 2.88. The molecule has 1 atom stereocenters. The van der Waals surface area contributed by atoms with Crippen LogP contribution in [0.15, 0.2) is 11.6 Å². The van der Waals surface area contributed by atoms with Gasteiger partial charge < -0.3 is 10.0 Å². The Labute approximate surface area is 63.7 Å². The summed E-state index contributed by atoms with van der Waals surface area (Å²) in [5, 5.41) is 11.0. The van der Waals surface area contributed by atoms with Gasteiger partial charge in [0.2, 0.25) is 0 Å². The number of hydrogen-bond acceptors (Lipinski definition) is 3. The van der Waals surface area contributed by atoms with Gasteiger partial charge in [0.25, 0.3) is 5.91 Å². The van der Waals surface area contributed by atoms with Crippen LogP contribution in [0.25, 0.3) is 0 Å². The molecule has 0 saturated carbocycles. The Balaban J connectivity index is 2.85. The number of carbonyl (C=O) groups is 1. The molecule has 1 rings (SSSR count). The number of aliphatic hydroxyl groups is 1. The summed E-state index contributed by atoms with van der Waals surface area (Å²) in [4.78, 5) is 11.1. The fourth-order valence-corrected chi connectivity index (χ4v) is 1.45. The lowest BCUT2D eigenvalue weighted by atomic mass is 10.3. The van der Waals surface area contributed by atoms with Crippen LogP contribution >= 0.6 is 11.8 Å². The van der Waals surface area contributed by atoms with Gasteiger partial charge in [-0.05, 0) is 12.3 Å². The number of rotatable bonds is 0. The van der Waals surface area contributed by atoms with E-state index in [1.807, 2.05) is 0 Å². The van der Waals surface area contributed by atoms with Crippen molar-refractivity contribution in [2.45, 2.75) is 11.9 Å². The molecule has 0 saturated heterocycles. The second-order valence-electron chi connectivity index (χ2n) is 2.30. The fraction of sp³-hybridized carbons (Fsp3) is 0.500. The lowest BCUT2D eigenvalue weighted by Crippen LogP contribution is -2.42. The Morgan fingerprint density at radius 3 is 2.80 bits per heavy atom. The van der Waals surface area contributed by atoms with Crippen molar-refractivity contribution in [1.82, 2.24) is 4.90 Å². The minimum Gasteiger partial charge on any atom is -0.371 e. The summed E-state index contributed by atoms with van der Waals surface area (Å²) in [6.07, 6.45) is 1.63. The Bertz CT molecular complexity index is 188. The van der Waals surface area contributed by atoms with Gasteiger partial charge in [0.15, 0.2) is 4.93 Å². The zero-order chi connectivity index (χ0) is 7.78. The second kappa shape index (κ2) is 2.29. The van der Waals surface area contributed by atoms with Gasteiger partial charge in [0.05, 0.1) is 0 Å². The first kappa shape index (κ1) is 7.63. The highest BCUT2D eigenvalue weighted by Crippen LogP contribution is 2.28. The molecule has 0 aliphatic carbocycles. The van der Waals surface area contributed by atoms with Crippen LogP contribution in [-0.2, 0) is 4.79 Å². The third kappa shape index (κ3) is 1.17. The van der Waals surface area contributed by atoms with Crippen molar-refractivity contribution in [3.05, 3.63) is 11.6 Å². The Kier molecular flexibility index (Phi) is 1.74. The maximum Gasteiger partial charge on any atom is 0.268 e. The topological polar surface area (TPSA) is 40.5 Å². The third-order valence-electron chi connectivity index (χ3n) is 1.30. The summed E-state index contributed by atoms with van der Waals surface area (Å²) >= 11 is 1.12. The monoisotopic (exact) mass is 159 g/mol. The van der Waals surface area contributed by atoms with E-state index >= 15 is 0 Å². The smallest absolute Gasteiger partial charge is 0.268 e. The van der Waals surface area contributed by atoms with E-state index < -0.39 is 4.93 Å². The minimum absolute atomic E-state index is 0.278. The summed E-state index contributed by atoms with van der Waals surface area (Å²) in [7, 11) is 1.62. The molecule has 0 radical (unpaired) electrons. The van der Waals surface area contributed by atoms with E-state index in [0.29, 0.717) is 0 Å². The molecule has 1 heterocycles. The van der Waals surface area contributed by atoms with E-state index in [4.69, 9.17) is 0 Å². The second-order valence-corrected chi connectivity index (χ2v) is 3.60. The van der Waals surface area contributed by atoms with Gasteiger partial charge in [-0.2, -0.15) is 0 Å². The molecular formula is C6H9NO2S. The fourth-order valence-electron chi connectivity index (χ4n) is 0.700. The normalized spacial score (nSPS) is 33.1. The number of amides is 1. The number of carbonyl (C=O) groups excluding carboxylic acids is 1. The van der Waals surface area contributed by atoms with Crippen molar-refractivity contribution < 1.29 is 9.90 Å². The van der Waals surface area contributed by atoms with E-state index in [9.17, 15) is 9.90 Å². The standard InChI is InChI=1S/C6H9NO2S/c1-6(9)5(8)7(2)3-4-10-6/h3-4,9H,1-2H3. The molecule has 0 aromatic heterocycles. The van der Waals surface area contributed by atoms with E-state index in [1.165, 1.54) is 11.8 Å². The number of hydrogen-bond donors (Lipinski definition) is 1. The minimum atomic E-state index is -1.27. The number of likely N-dealkylation sites (N-methyl/N-ethyl adjacent to an activating group) is 1. The highest BCUT2D eigenvalue weighted by atomic mass is 32.2. The lowest BCUT2D eigenvalue weighted by Gasteiger charge is -2.27. The third-order valence-corrected chi connectivity index (χ3v) is 2.19. The molecule has 4 heteroatoms. The quantitative estimate of drug-likeness (QED) is 0.555. The molecule has 0 fully saturated rings. The van der Waals surface area contributed by atoms with Crippen LogP contribution in [0.4, 0.5) is 0 Å². The average Bonchev–Trinajstić information content (AvgIpc) is 1.83. The summed E-state index contributed by atoms with van der Waals surface area (Å²) in [6, 6.07) is 0. The zero-order valence-electron chi connectivity index (χ0n) is 5.87. The largest absolute Gasteiger partial charge is 0.371 e. The van der Waals surface area contributed by atoms with Crippen LogP contribution in [0, 0.1) is 0 Å². The van der Waals surface area contributed by atoms with Gasteiger partial charge in [-0.15, -0.1) is 0 Å². The molecule has 1 N–H and O–H groups in total. The predicted octanol–water partition coefficient (Wildman–Crippen LogP) is 0.371. The van der Waals surface area contributed by atoms with Crippen molar-refractivity contribution in [3.63, 3.8) is 0 Å². The van der Waals surface area contributed by atoms with Crippen molar-refractivity contribution in [2.75, 3.05) is 7.05 Å². The van der Waals surface area contributed by atoms with E-state index in [-0.39, 0.29) is 5.91 Å². The van der Waals surface area contributed by atoms with Gasteiger partial charge in [-0.1, -0.05) is 11.8 Å². The van der Waals surface area contributed by atoms with E-state index in [1.54, 1.807) is 18.7 Å². The summed E-state index contributed by atoms with van der Waals surface area (Å²) < 4.78 is 0. The Morgan fingerprint density at radius 2 is 2.40 bits per heavy atom. The Hall–Kier alpha value is -0.480. The van der Waals surface area contributed by atoms with Crippen LogP contribution < -0.4 is 0 Å². The molecule has 3 nitrogen and oxygen atoms in total. The zero-order valence-corrected chi connectivity index (χ0v) is 6.68. The lowest BCUT2D eigenvalue weighted by molar-refractivity contribution is -0.138. The Morgan fingerprint density at radius 1 is 1.80 bits per heavy atom. The highest BCUT2D eigenvalue weighted by Gasteiger charge is 2.34. The van der Waals surface area contributed by atoms with E-state index in [2.05, 4.69) is 0 Å². The molecule has 56 valence electrons. The maximum absolute atomic E-state index is 11.1. The maximum atomic E-state index is 11.1. The number of nitrogens with zero attached hydrogens (tertiary/aromatic N) is 1. The molecule has 1 amide bonds. The van der Waals surface area contributed by atoms with Crippen LogP contribution in [-0.4, -0.2) is 27.9 Å². The van der Waals surface area contributed by atoms with Crippen molar-refractivity contribution in [2.24, 2.45) is 0 Å². The van der Waals surface area contributed by atoms with Crippen molar-refractivity contribution >= 4 is 17.7 Å². The van der Waals surface area contributed by atoms with Gasteiger partial charge in [-0.25, -0.2) is 0 Å². The SMILES string of the molecule is CN1C=CSC(C)(O)C1=O. The molecular weight excluding hydrogens is 150 g/mol. The van der Waals surface area contributed by atoms with Crippen molar-refractivity contribution in [1.29, 1.82) is 0 Å². The summed E-state index contributed by atoms with van der Waals surface area (Å²) in [5.74, 6) is -0.278. The van der Waals surface area contributed by atoms with Crippen LogP contribution in [0.5, 0.6) is 0 Å². The molecule has 1 unspecified atom stereocenters. The summed E-state index contributed by atoms with van der Waals surface area (Å²) in [6.45, 7) is 1.49. The molecule has 1 aliphatic heterocycles. The van der Waals surface area contributed by atoms with Crippen molar-refractivity contribution in [3.8, 4) is 0 Å². The molecule has 0 spiro atoms. The van der Waals surface area contributed by atoms with Gasteiger partial charge in [-0.3, -0.25) is 4.79 Å². The first-order chi connectivity index (χ1) is 4.54. The van der Waals surface area contributed by atoms with E-state index in [0.717, 1.165) is 11.8 Å². The first-order valence-corrected chi connectivity index (χ1v) is 3.76. The predicted molar refractivity (Wildman–Crippen MR) is 40.1 cm³/mol. The van der Waals surface area contributed by atoms with Crippen LogP contribution in [0.3, 0.4) is 0 Å². The van der Waals surface area contributed by atoms with Crippen LogP contribution in [0.1, 0.15) is 6.92 Å². The molecule has 0 aromatic carbocycles. The number of thioether (sulfide) groups is 1. The van der Waals surface area contributed by atoms with Gasteiger partial charge in [0.1, 0.15) is 0 Å². The molecule has 1 aliphatic rings. The molecule has 10 heavy (non-hydrogen) atoms.